The van der Waals surface area contributed by atoms with E-state index in [2.05, 4.69) is 31.0 Å². The molecule has 3 fully saturated rings. The summed E-state index contributed by atoms with van der Waals surface area (Å²) in [7, 11) is 5.63. The quantitative estimate of drug-likeness (QED) is 0.822. The number of hydrogen-bond acceptors (Lipinski definition) is 5. The molecule has 3 aliphatic rings. The van der Waals surface area contributed by atoms with Crippen LogP contribution in [0.5, 0.6) is 11.5 Å². The Morgan fingerprint density at radius 1 is 1.15 bits per heavy atom. The Balaban J connectivity index is 1.66. The van der Waals surface area contributed by atoms with Crippen molar-refractivity contribution in [1.29, 1.82) is 0 Å². The second kappa shape index (κ2) is 6.70. The molecule has 144 valence electrons. The van der Waals surface area contributed by atoms with Gasteiger partial charge in [-0.2, -0.15) is 0 Å². The van der Waals surface area contributed by atoms with E-state index < -0.39 is 0 Å². The van der Waals surface area contributed by atoms with Crippen LogP contribution in [-0.4, -0.2) is 57.3 Å². The third kappa shape index (κ3) is 2.72. The van der Waals surface area contributed by atoms with Crippen molar-refractivity contribution in [3.63, 3.8) is 0 Å². The summed E-state index contributed by atoms with van der Waals surface area (Å²) in [4.78, 5) is 2.49. The number of hydrogen-bond donors (Lipinski definition) is 0. The van der Waals surface area contributed by atoms with E-state index in [-0.39, 0.29) is 17.3 Å². The summed E-state index contributed by atoms with van der Waals surface area (Å²) >= 11 is 0. The van der Waals surface area contributed by atoms with E-state index in [1.807, 2.05) is 6.07 Å². The fourth-order valence-electron chi connectivity index (χ4n) is 5.26. The van der Waals surface area contributed by atoms with Crippen molar-refractivity contribution in [2.45, 2.75) is 62.4 Å². The van der Waals surface area contributed by atoms with Crippen molar-refractivity contribution < 1.29 is 18.9 Å². The molecule has 2 heterocycles. The van der Waals surface area contributed by atoms with Crippen LogP contribution >= 0.6 is 0 Å². The fourth-order valence-corrected chi connectivity index (χ4v) is 5.26. The first kappa shape index (κ1) is 18.1. The van der Waals surface area contributed by atoms with E-state index in [1.54, 1.807) is 14.2 Å². The summed E-state index contributed by atoms with van der Waals surface area (Å²) in [5.74, 6) is 1.22. The lowest BCUT2D eigenvalue weighted by Gasteiger charge is -2.48. The Bertz CT molecular complexity index is 665. The highest BCUT2D eigenvalue weighted by Gasteiger charge is 2.57. The Kier molecular flexibility index (Phi) is 4.66. The lowest BCUT2D eigenvalue weighted by Crippen LogP contribution is -2.53. The lowest BCUT2D eigenvalue weighted by molar-refractivity contribution is -0.203. The van der Waals surface area contributed by atoms with E-state index in [4.69, 9.17) is 18.9 Å². The van der Waals surface area contributed by atoms with Crippen molar-refractivity contribution in [3.8, 4) is 11.5 Å². The van der Waals surface area contributed by atoms with E-state index >= 15 is 0 Å². The SMILES string of the molecule is CCC1COC2(CCC3(c4ccc(OC)c(OC)c4)CCN(C)C3C2)O1. The molecular weight excluding hydrogens is 330 g/mol. The van der Waals surface area contributed by atoms with Gasteiger partial charge in [-0.3, -0.25) is 0 Å². The predicted molar refractivity (Wildman–Crippen MR) is 100.0 cm³/mol. The van der Waals surface area contributed by atoms with Gasteiger partial charge in [0.2, 0.25) is 0 Å². The Labute approximate surface area is 156 Å². The molecule has 5 heteroatoms. The van der Waals surface area contributed by atoms with Crippen LogP contribution in [0.1, 0.15) is 44.6 Å². The van der Waals surface area contributed by atoms with Crippen molar-refractivity contribution in [2.24, 2.45) is 0 Å². The molecule has 0 N–H and O–H groups in total. The molecule has 1 aromatic rings. The predicted octanol–water partition coefficient (Wildman–Crippen LogP) is 3.35. The summed E-state index contributed by atoms with van der Waals surface area (Å²) in [5.41, 5.74) is 1.49. The molecule has 4 rings (SSSR count). The molecule has 0 amide bonds. The molecule has 4 unspecified atom stereocenters. The zero-order chi connectivity index (χ0) is 18.4. The summed E-state index contributed by atoms with van der Waals surface area (Å²) in [6, 6.07) is 6.86. The Morgan fingerprint density at radius 2 is 1.96 bits per heavy atom. The lowest BCUT2D eigenvalue weighted by atomic mass is 9.64. The first-order valence-corrected chi connectivity index (χ1v) is 9.80. The summed E-state index contributed by atoms with van der Waals surface area (Å²) in [6.45, 7) is 4.01. The van der Waals surface area contributed by atoms with E-state index in [9.17, 15) is 0 Å². The molecule has 2 aliphatic heterocycles. The normalized spacial score (nSPS) is 37.1. The maximum absolute atomic E-state index is 6.36. The van der Waals surface area contributed by atoms with E-state index in [1.165, 1.54) is 5.56 Å². The van der Waals surface area contributed by atoms with Crippen molar-refractivity contribution >= 4 is 0 Å². The van der Waals surface area contributed by atoms with Gasteiger partial charge in [-0.1, -0.05) is 13.0 Å². The average Bonchev–Trinajstić information content (AvgIpc) is 3.24. The zero-order valence-corrected chi connectivity index (χ0v) is 16.4. The summed E-state index contributed by atoms with van der Waals surface area (Å²) < 4.78 is 23.6. The number of likely N-dealkylation sites (tertiary alicyclic amines) is 1. The van der Waals surface area contributed by atoms with Gasteiger partial charge < -0.3 is 23.8 Å². The highest BCUT2D eigenvalue weighted by Crippen LogP contribution is 2.54. The van der Waals surface area contributed by atoms with Gasteiger partial charge in [0.25, 0.3) is 0 Å². The first-order chi connectivity index (χ1) is 12.6. The van der Waals surface area contributed by atoms with Crippen LogP contribution in [0.2, 0.25) is 0 Å². The van der Waals surface area contributed by atoms with Crippen LogP contribution in [0.15, 0.2) is 18.2 Å². The van der Waals surface area contributed by atoms with Crippen molar-refractivity contribution in [3.05, 3.63) is 23.8 Å². The van der Waals surface area contributed by atoms with Crippen molar-refractivity contribution in [2.75, 3.05) is 34.4 Å². The maximum atomic E-state index is 6.36. The number of nitrogens with zero attached hydrogens (tertiary/aromatic N) is 1. The van der Waals surface area contributed by atoms with Crippen LogP contribution in [0.4, 0.5) is 0 Å². The van der Waals surface area contributed by atoms with Gasteiger partial charge in [0.05, 0.1) is 26.9 Å². The second-order valence-corrected chi connectivity index (χ2v) is 8.05. The molecule has 1 aliphatic carbocycles. The van der Waals surface area contributed by atoms with Gasteiger partial charge in [-0.15, -0.1) is 0 Å². The van der Waals surface area contributed by atoms with Gasteiger partial charge in [0.15, 0.2) is 17.3 Å². The molecule has 1 aromatic carbocycles. The van der Waals surface area contributed by atoms with Crippen LogP contribution < -0.4 is 9.47 Å². The average molecular weight is 361 g/mol. The molecule has 26 heavy (non-hydrogen) atoms. The maximum Gasteiger partial charge on any atom is 0.170 e. The minimum atomic E-state index is -0.385. The number of methoxy groups -OCH3 is 2. The second-order valence-electron chi connectivity index (χ2n) is 8.05. The van der Waals surface area contributed by atoms with Crippen LogP contribution in [-0.2, 0) is 14.9 Å². The highest BCUT2D eigenvalue weighted by atomic mass is 16.7. The number of likely N-dealkylation sites (N-methyl/N-ethyl adjacent to an activating group) is 1. The van der Waals surface area contributed by atoms with Gasteiger partial charge in [0, 0.05) is 24.3 Å². The van der Waals surface area contributed by atoms with E-state index in [0.29, 0.717) is 6.04 Å². The molecule has 0 bridgehead atoms. The standard InChI is InChI=1S/C21H31NO4/c1-5-16-14-25-21(26-16)9-8-20(10-11-22(2)19(20)13-21)15-6-7-17(23-3)18(12-15)24-4/h6-7,12,16,19H,5,8-11,13-14H2,1-4H3. The molecule has 1 spiro atoms. The number of rotatable bonds is 4. The van der Waals surface area contributed by atoms with Crippen molar-refractivity contribution in [1.82, 2.24) is 4.90 Å². The molecular formula is C21H31NO4. The first-order valence-electron chi connectivity index (χ1n) is 9.80. The Morgan fingerprint density at radius 3 is 2.65 bits per heavy atom. The molecule has 2 saturated heterocycles. The van der Waals surface area contributed by atoms with Crippen LogP contribution in [0.3, 0.4) is 0 Å². The third-order valence-corrected chi connectivity index (χ3v) is 6.86. The van der Waals surface area contributed by atoms with Crippen LogP contribution in [0, 0.1) is 0 Å². The molecule has 0 aromatic heterocycles. The third-order valence-electron chi connectivity index (χ3n) is 6.86. The topological polar surface area (TPSA) is 40.2 Å². The minimum Gasteiger partial charge on any atom is -0.493 e. The summed E-state index contributed by atoms with van der Waals surface area (Å²) in [6.07, 6.45) is 5.40. The number of ether oxygens (including phenoxy) is 4. The largest absolute Gasteiger partial charge is 0.493 e. The fraction of sp³-hybridized carbons (Fsp3) is 0.714. The number of benzene rings is 1. The highest BCUT2D eigenvalue weighted by molar-refractivity contribution is 5.46. The van der Waals surface area contributed by atoms with Gasteiger partial charge in [-0.25, -0.2) is 0 Å². The molecule has 1 saturated carbocycles. The smallest absolute Gasteiger partial charge is 0.170 e. The number of fused-ring (bicyclic) bond motifs is 1. The van der Waals surface area contributed by atoms with Crippen LogP contribution in [0.25, 0.3) is 0 Å². The van der Waals surface area contributed by atoms with E-state index in [0.717, 1.165) is 56.8 Å². The summed E-state index contributed by atoms with van der Waals surface area (Å²) in [5, 5.41) is 0. The van der Waals surface area contributed by atoms with Gasteiger partial charge >= 0.3 is 0 Å². The molecule has 0 radical (unpaired) electrons. The van der Waals surface area contributed by atoms with Gasteiger partial charge in [0.1, 0.15) is 0 Å². The monoisotopic (exact) mass is 361 g/mol. The molecule has 5 nitrogen and oxygen atoms in total. The molecule has 4 atom stereocenters. The van der Waals surface area contributed by atoms with Gasteiger partial charge in [-0.05, 0) is 50.6 Å². The zero-order valence-electron chi connectivity index (χ0n) is 16.4. The Hall–Kier alpha value is -1.30. The minimum absolute atomic E-state index is 0.135.